The minimum atomic E-state index is -3.66. The minimum absolute atomic E-state index is 0.101. The van der Waals surface area contributed by atoms with Gasteiger partial charge in [0.2, 0.25) is 10.0 Å². The number of thioether (sulfide) groups is 1. The lowest BCUT2D eigenvalue weighted by Gasteiger charge is -2.13. The summed E-state index contributed by atoms with van der Waals surface area (Å²) < 4.78 is 28.8. The maximum absolute atomic E-state index is 13.2. The van der Waals surface area contributed by atoms with Crippen molar-refractivity contribution < 1.29 is 23.1 Å². The molecule has 12 heteroatoms. The van der Waals surface area contributed by atoms with E-state index < -0.39 is 16.0 Å². The van der Waals surface area contributed by atoms with Crippen LogP contribution in [0.4, 0.5) is 0 Å². The first kappa shape index (κ1) is 28.7. The monoisotopic (exact) mass is 584 g/mol. The quantitative estimate of drug-likeness (QED) is 0.197. The summed E-state index contributed by atoms with van der Waals surface area (Å²) in [6.07, 6.45) is 5.52. The van der Waals surface area contributed by atoms with Gasteiger partial charge < -0.3 is 5.11 Å². The number of para-hydroxylation sites is 1. The molecule has 3 aromatic rings. The van der Waals surface area contributed by atoms with E-state index in [-0.39, 0.29) is 17.2 Å². The molecule has 204 valence electrons. The lowest BCUT2D eigenvalue weighted by Crippen LogP contribution is -2.29. The van der Waals surface area contributed by atoms with Crippen molar-refractivity contribution in [2.24, 2.45) is 0 Å². The topological polar surface area (TPSA) is 113 Å². The molecule has 1 fully saturated rings. The molecule has 0 bridgehead atoms. The van der Waals surface area contributed by atoms with E-state index in [0.29, 0.717) is 51.9 Å². The van der Waals surface area contributed by atoms with Crippen molar-refractivity contribution in [3.8, 4) is 16.9 Å². The fraction of sp³-hybridized carbons (Fsp3) is 0.259. The van der Waals surface area contributed by atoms with Crippen molar-refractivity contribution in [3.05, 3.63) is 71.3 Å². The van der Waals surface area contributed by atoms with Crippen molar-refractivity contribution in [1.29, 1.82) is 0 Å². The predicted molar refractivity (Wildman–Crippen MR) is 156 cm³/mol. The molecule has 0 radical (unpaired) electrons. The highest BCUT2D eigenvalue weighted by Crippen LogP contribution is 2.35. The van der Waals surface area contributed by atoms with E-state index in [1.807, 2.05) is 30.3 Å². The summed E-state index contributed by atoms with van der Waals surface area (Å²) in [5, 5.41) is 13.6. The summed E-state index contributed by atoms with van der Waals surface area (Å²) in [7, 11) is -0.705. The Hall–Kier alpha value is -3.32. The third kappa shape index (κ3) is 6.64. The number of hydrogen-bond donors (Lipinski definition) is 1. The number of thiocarbonyl (C=S) groups is 1. The second kappa shape index (κ2) is 12.2. The van der Waals surface area contributed by atoms with Crippen LogP contribution in [-0.2, 0) is 19.6 Å². The Morgan fingerprint density at radius 1 is 1.10 bits per heavy atom. The number of aliphatic carboxylic acids is 1. The number of carbonyl (C=O) groups is 2. The number of aromatic nitrogens is 2. The Morgan fingerprint density at radius 2 is 1.85 bits per heavy atom. The maximum Gasteiger partial charge on any atom is 0.303 e. The average Bonchev–Trinajstić information content (AvgIpc) is 3.45. The molecule has 9 nitrogen and oxygen atoms in total. The molecule has 2 aromatic carbocycles. The number of amides is 1. The molecule has 1 amide bonds. The maximum atomic E-state index is 13.2. The first-order valence-corrected chi connectivity index (χ1v) is 14.9. The molecule has 1 N–H and O–H groups in total. The van der Waals surface area contributed by atoms with Gasteiger partial charge in [-0.3, -0.25) is 14.5 Å². The number of hydrogen-bond acceptors (Lipinski definition) is 7. The molecule has 4 rings (SSSR count). The Labute approximate surface area is 237 Å². The first-order chi connectivity index (χ1) is 18.6. The Bertz CT molecular complexity index is 1530. The summed E-state index contributed by atoms with van der Waals surface area (Å²) in [6.45, 7) is 0.419. The fourth-order valence-electron chi connectivity index (χ4n) is 4.00. The van der Waals surface area contributed by atoms with Crippen molar-refractivity contribution in [3.63, 3.8) is 0 Å². The van der Waals surface area contributed by atoms with Gasteiger partial charge in [0.05, 0.1) is 15.5 Å². The average molecular weight is 585 g/mol. The Kier molecular flexibility index (Phi) is 9.01. The van der Waals surface area contributed by atoms with E-state index in [1.165, 1.54) is 36.8 Å². The van der Waals surface area contributed by atoms with Gasteiger partial charge in [-0.25, -0.2) is 17.4 Å². The second-order valence-electron chi connectivity index (χ2n) is 9.07. The van der Waals surface area contributed by atoms with Crippen LogP contribution < -0.4 is 0 Å². The fourth-order valence-corrected chi connectivity index (χ4v) is 6.25. The highest BCUT2D eigenvalue weighted by molar-refractivity contribution is 8.26. The second-order valence-corrected chi connectivity index (χ2v) is 12.9. The number of carboxylic acid groups (broad SMARTS) is 1. The Balaban J connectivity index is 1.68. The van der Waals surface area contributed by atoms with Gasteiger partial charge in [0.1, 0.15) is 10.0 Å². The highest BCUT2D eigenvalue weighted by Gasteiger charge is 2.32. The van der Waals surface area contributed by atoms with Crippen LogP contribution in [0.5, 0.6) is 0 Å². The molecule has 1 saturated heterocycles. The highest BCUT2D eigenvalue weighted by atomic mass is 32.2. The van der Waals surface area contributed by atoms with Gasteiger partial charge in [-0.1, -0.05) is 60.7 Å². The van der Waals surface area contributed by atoms with Crippen LogP contribution in [0.2, 0.25) is 0 Å². The normalized spacial score (nSPS) is 15.1. The van der Waals surface area contributed by atoms with Gasteiger partial charge in [-0.2, -0.15) is 5.10 Å². The summed E-state index contributed by atoms with van der Waals surface area (Å²) in [5.74, 6) is -1.05. The molecule has 0 aliphatic carbocycles. The van der Waals surface area contributed by atoms with Crippen molar-refractivity contribution >= 4 is 56.3 Å². The van der Waals surface area contributed by atoms with E-state index in [2.05, 4.69) is 0 Å². The van der Waals surface area contributed by atoms with Crippen LogP contribution in [0.15, 0.2) is 70.6 Å². The molecule has 1 aromatic heterocycles. The van der Waals surface area contributed by atoms with Gasteiger partial charge in [-0.15, -0.1) is 0 Å². The number of carboxylic acids is 1. The van der Waals surface area contributed by atoms with Crippen LogP contribution in [0, 0.1) is 0 Å². The zero-order valence-electron chi connectivity index (χ0n) is 21.5. The van der Waals surface area contributed by atoms with Gasteiger partial charge in [0, 0.05) is 44.4 Å². The predicted octanol–water partition coefficient (Wildman–Crippen LogP) is 4.64. The molecular formula is C27H28N4O5S3. The molecule has 0 atom stereocenters. The van der Waals surface area contributed by atoms with Crippen molar-refractivity contribution in [2.45, 2.75) is 30.6 Å². The van der Waals surface area contributed by atoms with E-state index in [0.717, 1.165) is 9.99 Å². The van der Waals surface area contributed by atoms with Crippen LogP contribution in [0.3, 0.4) is 0 Å². The van der Waals surface area contributed by atoms with E-state index in [4.69, 9.17) is 22.4 Å². The third-order valence-electron chi connectivity index (χ3n) is 6.08. The zero-order chi connectivity index (χ0) is 28.2. The molecule has 1 aliphatic rings. The minimum Gasteiger partial charge on any atom is -0.481 e. The van der Waals surface area contributed by atoms with E-state index >= 15 is 0 Å². The number of rotatable bonds is 11. The van der Waals surface area contributed by atoms with Crippen LogP contribution in [-0.4, -0.2) is 69.3 Å². The molecule has 0 saturated carbocycles. The number of sulfonamides is 1. The summed E-state index contributed by atoms with van der Waals surface area (Å²) in [5.41, 5.74) is 2.56. The number of carbonyl (C=O) groups excluding carboxylic acids is 1. The first-order valence-electron chi connectivity index (χ1n) is 12.2. The summed E-state index contributed by atoms with van der Waals surface area (Å²) >= 11 is 6.66. The standard InChI is InChI=1S/C27H28N4O5S3/c1-29(2)39(35,36)22-13-9-10-19(16-22)25-20(18-31(28-25)21-11-5-3-6-12-21)17-23-26(34)30(27(37)38-23)15-8-4-7-14-24(32)33/h3,5-6,9-13,16-18H,4,7-8,14-15H2,1-2H3,(H,32,33)/b23-17-. The molecular weight excluding hydrogens is 557 g/mol. The summed E-state index contributed by atoms with van der Waals surface area (Å²) in [4.78, 5) is 26.1. The van der Waals surface area contributed by atoms with Gasteiger partial charge in [0.25, 0.3) is 5.91 Å². The van der Waals surface area contributed by atoms with Gasteiger partial charge in [-0.05, 0) is 43.2 Å². The van der Waals surface area contributed by atoms with E-state index in [9.17, 15) is 18.0 Å². The smallest absolute Gasteiger partial charge is 0.303 e. The van der Waals surface area contributed by atoms with Crippen LogP contribution in [0.25, 0.3) is 23.0 Å². The molecule has 0 unspecified atom stereocenters. The van der Waals surface area contributed by atoms with Crippen LogP contribution >= 0.6 is 24.0 Å². The lowest BCUT2D eigenvalue weighted by molar-refractivity contribution is -0.137. The van der Waals surface area contributed by atoms with Crippen molar-refractivity contribution in [2.75, 3.05) is 20.6 Å². The summed E-state index contributed by atoms with van der Waals surface area (Å²) in [6, 6.07) is 16.0. The largest absolute Gasteiger partial charge is 0.481 e. The molecule has 1 aliphatic heterocycles. The molecule has 39 heavy (non-hydrogen) atoms. The lowest BCUT2D eigenvalue weighted by atomic mass is 10.1. The number of unbranched alkanes of at least 4 members (excludes halogenated alkanes) is 2. The van der Waals surface area contributed by atoms with Crippen LogP contribution in [0.1, 0.15) is 31.2 Å². The number of nitrogens with zero attached hydrogens (tertiary/aromatic N) is 4. The molecule has 2 heterocycles. The Morgan fingerprint density at radius 3 is 2.54 bits per heavy atom. The van der Waals surface area contributed by atoms with Gasteiger partial charge >= 0.3 is 5.97 Å². The number of benzene rings is 2. The van der Waals surface area contributed by atoms with E-state index in [1.54, 1.807) is 35.2 Å². The zero-order valence-corrected chi connectivity index (χ0v) is 23.9. The van der Waals surface area contributed by atoms with Gasteiger partial charge in [0.15, 0.2) is 0 Å². The van der Waals surface area contributed by atoms with Crippen molar-refractivity contribution in [1.82, 2.24) is 19.0 Å². The SMILES string of the molecule is CN(C)S(=O)(=O)c1cccc(-c2nn(-c3ccccc3)cc2/C=C2\SC(=S)N(CCCCCC(=O)O)C2=O)c1. The third-order valence-corrected chi connectivity index (χ3v) is 9.27. The molecule has 0 spiro atoms.